The van der Waals surface area contributed by atoms with Crippen LogP contribution in [0.15, 0.2) is 30.4 Å². The largest absolute Gasteiger partial charge is 0.310 e. The van der Waals surface area contributed by atoms with Gasteiger partial charge in [0.1, 0.15) is 0 Å². The van der Waals surface area contributed by atoms with Gasteiger partial charge >= 0.3 is 0 Å². The van der Waals surface area contributed by atoms with Gasteiger partial charge < -0.3 is 5.32 Å². The third kappa shape index (κ3) is 2.05. The average Bonchev–Trinajstić information content (AvgIpc) is 2.13. The Bertz CT molecular complexity index is 339. The molecule has 0 spiro atoms. The van der Waals surface area contributed by atoms with E-state index in [1.54, 1.807) is 0 Å². The first kappa shape index (κ1) is 11.0. The van der Waals surface area contributed by atoms with Crippen molar-refractivity contribution in [3.05, 3.63) is 47.0 Å². The van der Waals surface area contributed by atoms with Gasteiger partial charge in [-0.1, -0.05) is 30.4 Å². The van der Waals surface area contributed by atoms with Crippen LogP contribution >= 0.6 is 0 Å². The molecule has 0 heterocycles. The minimum Gasteiger partial charge on any atom is -0.310 e. The monoisotopic (exact) mass is 189 g/mol. The Morgan fingerprint density at radius 3 is 2.50 bits per heavy atom. The molecule has 0 radical (unpaired) electrons. The fraction of sp³-hybridized carbons (Fsp3) is 0.385. The zero-order valence-electron chi connectivity index (χ0n) is 9.52. The molecule has 0 bridgehead atoms. The standard InChI is InChI=1S/C13H19N/c1-9(2)13(14-5)12-8-6-7-10(3)11(12)4/h6-8,13-14H,1H2,2-5H3. The van der Waals surface area contributed by atoms with E-state index in [1.165, 1.54) is 16.7 Å². The van der Waals surface area contributed by atoms with E-state index in [-0.39, 0.29) is 6.04 Å². The summed E-state index contributed by atoms with van der Waals surface area (Å²) >= 11 is 0. The first-order chi connectivity index (χ1) is 6.57. The van der Waals surface area contributed by atoms with Gasteiger partial charge in [0.05, 0.1) is 6.04 Å². The summed E-state index contributed by atoms with van der Waals surface area (Å²) in [5, 5.41) is 3.29. The van der Waals surface area contributed by atoms with Crippen LogP contribution < -0.4 is 5.32 Å². The molecule has 0 aliphatic carbocycles. The van der Waals surface area contributed by atoms with Crippen molar-refractivity contribution in [3.8, 4) is 0 Å². The predicted molar refractivity (Wildman–Crippen MR) is 62.5 cm³/mol. The molecule has 1 aromatic rings. The Morgan fingerprint density at radius 2 is 2.00 bits per heavy atom. The van der Waals surface area contributed by atoms with E-state index < -0.39 is 0 Å². The normalized spacial score (nSPS) is 12.6. The van der Waals surface area contributed by atoms with Crippen LogP contribution in [0.3, 0.4) is 0 Å². The van der Waals surface area contributed by atoms with Gasteiger partial charge in [-0.2, -0.15) is 0 Å². The number of benzene rings is 1. The first-order valence-electron chi connectivity index (χ1n) is 4.96. The molecule has 0 saturated carbocycles. The second-order valence-corrected chi connectivity index (χ2v) is 3.86. The van der Waals surface area contributed by atoms with Crippen LogP contribution in [0.5, 0.6) is 0 Å². The van der Waals surface area contributed by atoms with Crippen LogP contribution in [0.2, 0.25) is 0 Å². The van der Waals surface area contributed by atoms with Gasteiger partial charge in [0.15, 0.2) is 0 Å². The highest BCUT2D eigenvalue weighted by Gasteiger charge is 2.12. The van der Waals surface area contributed by atoms with Crippen LogP contribution in [0.4, 0.5) is 0 Å². The number of rotatable bonds is 3. The third-order valence-electron chi connectivity index (χ3n) is 2.74. The van der Waals surface area contributed by atoms with Crippen molar-refractivity contribution >= 4 is 0 Å². The summed E-state index contributed by atoms with van der Waals surface area (Å²) in [5.74, 6) is 0. The van der Waals surface area contributed by atoms with Crippen molar-refractivity contribution in [2.24, 2.45) is 0 Å². The van der Waals surface area contributed by atoms with Gasteiger partial charge in [-0.15, -0.1) is 0 Å². The number of hydrogen-bond donors (Lipinski definition) is 1. The summed E-state index contributed by atoms with van der Waals surface area (Å²) in [6.45, 7) is 10.4. The zero-order chi connectivity index (χ0) is 10.7. The molecule has 0 aliphatic rings. The molecule has 1 rings (SSSR count). The fourth-order valence-electron chi connectivity index (χ4n) is 1.75. The molecule has 14 heavy (non-hydrogen) atoms. The Kier molecular flexibility index (Phi) is 3.48. The fourth-order valence-corrected chi connectivity index (χ4v) is 1.75. The quantitative estimate of drug-likeness (QED) is 0.720. The van der Waals surface area contributed by atoms with Gasteiger partial charge in [0.2, 0.25) is 0 Å². The summed E-state index contributed by atoms with van der Waals surface area (Å²) in [6.07, 6.45) is 0. The topological polar surface area (TPSA) is 12.0 Å². The highest BCUT2D eigenvalue weighted by molar-refractivity contribution is 5.38. The third-order valence-corrected chi connectivity index (χ3v) is 2.74. The summed E-state index contributed by atoms with van der Waals surface area (Å²) < 4.78 is 0. The predicted octanol–water partition coefficient (Wildman–Crippen LogP) is 3.14. The van der Waals surface area contributed by atoms with E-state index in [0.717, 1.165) is 5.57 Å². The van der Waals surface area contributed by atoms with Gasteiger partial charge in [0, 0.05) is 0 Å². The van der Waals surface area contributed by atoms with Crippen LogP contribution in [0.1, 0.15) is 29.7 Å². The van der Waals surface area contributed by atoms with Crippen LogP contribution in [-0.4, -0.2) is 7.05 Å². The van der Waals surface area contributed by atoms with E-state index in [9.17, 15) is 0 Å². The molecule has 0 aliphatic heterocycles. The van der Waals surface area contributed by atoms with Crippen molar-refractivity contribution in [2.75, 3.05) is 7.05 Å². The number of likely N-dealkylation sites (N-methyl/N-ethyl adjacent to an activating group) is 1. The lowest BCUT2D eigenvalue weighted by Gasteiger charge is -2.20. The van der Waals surface area contributed by atoms with Crippen LogP contribution in [-0.2, 0) is 0 Å². The molecule has 76 valence electrons. The van der Waals surface area contributed by atoms with Gasteiger partial charge in [-0.3, -0.25) is 0 Å². The molecule has 1 unspecified atom stereocenters. The zero-order valence-corrected chi connectivity index (χ0v) is 9.52. The lowest BCUT2D eigenvalue weighted by Crippen LogP contribution is -2.18. The number of nitrogens with one attached hydrogen (secondary N) is 1. The van der Waals surface area contributed by atoms with Gasteiger partial charge in [-0.25, -0.2) is 0 Å². The molecule has 0 saturated heterocycles. The maximum atomic E-state index is 4.01. The van der Waals surface area contributed by atoms with E-state index in [2.05, 4.69) is 50.9 Å². The minimum atomic E-state index is 0.273. The second kappa shape index (κ2) is 4.43. The number of aryl methyl sites for hydroxylation is 1. The maximum Gasteiger partial charge on any atom is 0.0530 e. The van der Waals surface area contributed by atoms with Crippen LogP contribution in [0.25, 0.3) is 0 Å². The van der Waals surface area contributed by atoms with E-state index in [0.29, 0.717) is 0 Å². The van der Waals surface area contributed by atoms with Crippen molar-refractivity contribution < 1.29 is 0 Å². The maximum absolute atomic E-state index is 4.01. The molecule has 1 aromatic carbocycles. The molecule has 0 aromatic heterocycles. The summed E-state index contributed by atoms with van der Waals surface area (Å²) in [5.41, 5.74) is 5.18. The molecule has 1 N–H and O–H groups in total. The lowest BCUT2D eigenvalue weighted by molar-refractivity contribution is 0.675. The molecular weight excluding hydrogens is 170 g/mol. The summed E-state index contributed by atoms with van der Waals surface area (Å²) in [6, 6.07) is 6.68. The molecular formula is C13H19N. The first-order valence-corrected chi connectivity index (χ1v) is 4.96. The lowest BCUT2D eigenvalue weighted by atomic mass is 9.94. The molecule has 0 fully saturated rings. The molecule has 0 amide bonds. The smallest absolute Gasteiger partial charge is 0.0530 e. The van der Waals surface area contributed by atoms with E-state index in [1.807, 2.05) is 7.05 Å². The van der Waals surface area contributed by atoms with Crippen molar-refractivity contribution in [1.29, 1.82) is 0 Å². The van der Waals surface area contributed by atoms with E-state index in [4.69, 9.17) is 0 Å². The second-order valence-electron chi connectivity index (χ2n) is 3.86. The molecule has 1 heteroatoms. The van der Waals surface area contributed by atoms with Gasteiger partial charge in [-0.05, 0) is 44.5 Å². The Hall–Kier alpha value is -1.08. The number of hydrogen-bond acceptors (Lipinski definition) is 1. The SMILES string of the molecule is C=C(C)C(NC)c1cccc(C)c1C. The van der Waals surface area contributed by atoms with Crippen molar-refractivity contribution in [2.45, 2.75) is 26.8 Å². The summed E-state index contributed by atoms with van der Waals surface area (Å²) in [4.78, 5) is 0. The molecule has 1 atom stereocenters. The van der Waals surface area contributed by atoms with Gasteiger partial charge in [0.25, 0.3) is 0 Å². The highest BCUT2D eigenvalue weighted by Crippen LogP contribution is 2.24. The summed E-state index contributed by atoms with van der Waals surface area (Å²) in [7, 11) is 1.97. The Morgan fingerprint density at radius 1 is 1.36 bits per heavy atom. The van der Waals surface area contributed by atoms with Crippen molar-refractivity contribution in [3.63, 3.8) is 0 Å². The average molecular weight is 189 g/mol. The molecule has 1 nitrogen and oxygen atoms in total. The van der Waals surface area contributed by atoms with Crippen molar-refractivity contribution in [1.82, 2.24) is 5.32 Å². The Balaban J connectivity index is 3.16. The Labute approximate surface area is 86.8 Å². The van der Waals surface area contributed by atoms with E-state index >= 15 is 0 Å². The highest BCUT2D eigenvalue weighted by atomic mass is 14.9. The minimum absolute atomic E-state index is 0.273. The van der Waals surface area contributed by atoms with Crippen LogP contribution in [0, 0.1) is 13.8 Å².